The van der Waals surface area contributed by atoms with Gasteiger partial charge in [0, 0.05) is 12.8 Å². The molecule has 0 fully saturated rings. The number of nitrogens with zero attached hydrogens (tertiary/aromatic N) is 1. The number of phosphoric acid groups is 1. The lowest BCUT2D eigenvalue weighted by Gasteiger charge is -2.28. The molecule has 10 heteroatoms. The summed E-state index contributed by atoms with van der Waals surface area (Å²) in [4.78, 5) is 38.0. The molecule has 0 aromatic rings. The summed E-state index contributed by atoms with van der Waals surface area (Å²) in [6.45, 7) is 3.99. The number of allylic oxidation sites excluding steroid dienone is 26. The molecule has 2 atom stereocenters. The van der Waals surface area contributed by atoms with E-state index in [1.165, 1.54) is 70.6 Å². The first-order chi connectivity index (χ1) is 41.0. The number of ether oxygens (including phenoxy) is 2. The Morgan fingerprint density at radius 2 is 0.643 bits per heavy atom. The zero-order chi connectivity index (χ0) is 61.2. The van der Waals surface area contributed by atoms with E-state index in [1.54, 1.807) is 0 Å². The summed E-state index contributed by atoms with van der Waals surface area (Å²) in [6, 6.07) is 0. The second kappa shape index (κ2) is 63.1. The minimum Gasteiger partial charge on any atom is -0.756 e. The molecular weight excluding hydrogens is 1060 g/mol. The third-order valence-corrected chi connectivity index (χ3v) is 14.5. The first kappa shape index (κ1) is 79.6. The van der Waals surface area contributed by atoms with E-state index in [4.69, 9.17) is 18.5 Å². The molecule has 0 amide bonds. The molecule has 0 saturated heterocycles. The Hall–Kier alpha value is -4.37. The van der Waals surface area contributed by atoms with Gasteiger partial charge in [-0.1, -0.05) is 268 Å². The Kier molecular flexibility index (Phi) is 59.9. The van der Waals surface area contributed by atoms with Crippen LogP contribution >= 0.6 is 7.82 Å². The van der Waals surface area contributed by atoms with E-state index in [0.717, 1.165) is 135 Å². The molecule has 0 N–H and O–H groups in total. The van der Waals surface area contributed by atoms with Crippen LogP contribution in [-0.2, 0) is 32.7 Å². The molecule has 0 aromatic carbocycles. The van der Waals surface area contributed by atoms with Crippen molar-refractivity contribution >= 4 is 19.8 Å². The van der Waals surface area contributed by atoms with Crippen molar-refractivity contribution in [1.82, 2.24) is 0 Å². The predicted molar refractivity (Wildman–Crippen MR) is 360 cm³/mol. The van der Waals surface area contributed by atoms with Crippen molar-refractivity contribution in [3.05, 3.63) is 158 Å². The Morgan fingerprint density at radius 3 is 0.952 bits per heavy atom. The summed E-state index contributed by atoms with van der Waals surface area (Å²) < 4.78 is 34.3. The van der Waals surface area contributed by atoms with Crippen LogP contribution in [0.15, 0.2) is 158 Å². The van der Waals surface area contributed by atoms with Crippen LogP contribution in [0.5, 0.6) is 0 Å². The fourth-order valence-electron chi connectivity index (χ4n) is 8.52. The number of rotatable bonds is 59. The summed E-state index contributed by atoms with van der Waals surface area (Å²) in [5.74, 6) is -0.855. The average Bonchev–Trinajstić information content (AvgIpc) is 3.61. The number of phosphoric ester groups is 1. The zero-order valence-electron chi connectivity index (χ0n) is 54.0. The summed E-state index contributed by atoms with van der Waals surface area (Å²) in [7, 11) is 1.14. The van der Waals surface area contributed by atoms with E-state index in [2.05, 4.69) is 172 Å². The lowest BCUT2D eigenvalue weighted by molar-refractivity contribution is -0.870. The van der Waals surface area contributed by atoms with Gasteiger partial charge in [0.1, 0.15) is 19.8 Å². The van der Waals surface area contributed by atoms with Crippen LogP contribution in [0.2, 0.25) is 0 Å². The highest BCUT2D eigenvalue weighted by atomic mass is 31.2. The molecule has 2 unspecified atom stereocenters. The van der Waals surface area contributed by atoms with Gasteiger partial charge in [0.05, 0.1) is 27.7 Å². The van der Waals surface area contributed by atoms with E-state index >= 15 is 0 Å². The van der Waals surface area contributed by atoms with Crippen molar-refractivity contribution in [2.75, 3.05) is 47.5 Å². The number of hydrogen-bond acceptors (Lipinski definition) is 8. The highest BCUT2D eigenvalue weighted by Crippen LogP contribution is 2.38. The molecule has 0 bridgehead atoms. The van der Waals surface area contributed by atoms with Gasteiger partial charge in [-0.05, 0) is 122 Å². The summed E-state index contributed by atoms with van der Waals surface area (Å²) >= 11 is 0. The summed E-state index contributed by atoms with van der Waals surface area (Å²) in [6.07, 6.45) is 94.4. The Morgan fingerprint density at radius 1 is 0.369 bits per heavy atom. The number of esters is 2. The van der Waals surface area contributed by atoms with Gasteiger partial charge >= 0.3 is 11.9 Å². The van der Waals surface area contributed by atoms with Crippen molar-refractivity contribution in [1.29, 1.82) is 0 Å². The molecular formula is C74H122NO8P. The van der Waals surface area contributed by atoms with Gasteiger partial charge in [0.25, 0.3) is 7.82 Å². The van der Waals surface area contributed by atoms with Gasteiger partial charge in [0.15, 0.2) is 6.10 Å². The van der Waals surface area contributed by atoms with Crippen LogP contribution in [0.3, 0.4) is 0 Å². The lowest BCUT2D eigenvalue weighted by Crippen LogP contribution is -2.37. The number of hydrogen-bond donors (Lipinski definition) is 0. The molecule has 0 saturated carbocycles. The second-order valence-corrected chi connectivity index (χ2v) is 24.1. The third-order valence-electron chi connectivity index (χ3n) is 13.5. The van der Waals surface area contributed by atoms with Gasteiger partial charge in [-0.3, -0.25) is 14.2 Å². The molecule has 0 heterocycles. The number of quaternary nitrogens is 1. The first-order valence-electron chi connectivity index (χ1n) is 33.2. The van der Waals surface area contributed by atoms with Gasteiger partial charge in [-0.2, -0.15) is 0 Å². The standard InChI is InChI=1S/C74H122NO8P/c1-6-8-10-12-14-16-18-20-22-24-26-28-30-32-34-35-36-37-38-39-41-43-45-47-49-51-53-55-57-59-61-63-65-67-74(77)83-72(71-82-84(78,79)81-69-68-75(3,4)5)70-80-73(76)66-64-62-60-58-56-54-52-50-48-46-44-42-40-33-31-29-27-25-23-21-19-17-15-13-11-9-7-2/h8-11,14-17,20-23,26-29,32-34,36-37,39-41,44,46,72H,6-7,12-13,18-19,24-25,30-31,35,38,42-43,45,47-71H2,1-5H3/b10-8-,11-9-,16-14-,17-15-,22-20-,23-21-,28-26-,29-27-,34-32-,37-36-,40-33-,41-39-,46-44-. The monoisotopic (exact) mass is 1180 g/mol. The van der Waals surface area contributed by atoms with Gasteiger partial charge in [-0.25, -0.2) is 0 Å². The quantitative estimate of drug-likeness (QED) is 0.0195. The van der Waals surface area contributed by atoms with E-state index in [-0.39, 0.29) is 26.1 Å². The van der Waals surface area contributed by atoms with E-state index in [9.17, 15) is 19.0 Å². The lowest BCUT2D eigenvalue weighted by atomic mass is 10.0. The van der Waals surface area contributed by atoms with Crippen molar-refractivity contribution < 1.29 is 42.1 Å². The van der Waals surface area contributed by atoms with Crippen LogP contribution in [0.1, 0.15) is 245 Å². The molecule has 476 valence electrons. The first-order valence-corrected chi connectivity index (χ1v) is 34.7. The van der Waals surface area contributed by atoms with Crippen LogP contribution in [-0.4, -0.2) is 70.0 Å². The Labute approximate surface area is 516 Å². The molecule has 9 nitrogen and oxygen atoms in total. The molecule has 0 radical (unpaired) electrons. The SMILES string of the molecule is CC/C=C\C/C=C\C/C=C\C/C=C\C/C=C\C/C=C\C/C=C\CCCCCCCCCCCCCC(=O)OC(COC(=O)CCCCCCCCCC/C=C\C/C=C\C/C=C\C/C=C\C/C=C\C/C=C\CC)COP(=O)([O-])OCC[N+](C)(C)C. The number of unbranched alkanes of at least 4 members (excludes halogenated alkanes) is 19. The Bertz CT molecular complexity index is 1970. The normalized spacial score (nSPS) is 14.2. The minimum absolute atomic E-state index is 0.0411. The highest BCUT2D eigenvalue weighted by Gasteiger charge is 2.22. The largest absolute Gasteiger partial charge is 0.756 e. The number of carbonyl (C=O) groups excluding carboxylic acids is 2. The number of likely N-dealkylation sites (N-methyl/N-ethyl adjacent to an activating group) is 1. The molecule has 84 heavy (non-hydrogen) atoms. The zero-order valence-corrected chi connectivity index (χ0v) is 54.9. The van der Waals surface area contributed by atoms with Crippen molar-refractivity contribution in [3.8, 4) is 0 Å². The van der Waals surface area contributed by atoms with Crippen molar-refractivity contribution in [2.24, 2.45) is 0 Å². The van der Waals surface area contributed by atoms with Crippen LogP contribution in [0.4, 0.5) is 0 Å². The maximum atomic E-state index is 12.9. The van der Waals surface area contributed by atoms with Gasteiger partial charge in [-0.15, -0.1) is 0 Å². The Balaban J connectivity index is 4.16. The molecule has 0 aromatic heterocycles. The topological polar surface area (TPSA) is 111 Å². The molecule has 0 aliphatic rings. The summed E-state index contributed by atoms with van der Waals surface area (Å²) in [5, 5.41) is 0. The summed E-state index contributed by atoms with van der Waals surface area (Å²) in [5.41, 5.74) is 0. The van der Waals surface area contributed by atoms with Crippen LogP contribution in [0, 0.1) is 0 Å². The van der Waals surface area contributed by atoms with Crippen molar-refractivity contribution in [3.63, 3.8) is 0 Å². The third kappa shape index (κ3) is 66.8. The fourth-order valence-corrected chi connectivity index (χ4v) is 9.25. The second-order valence-electron chi connectivity index (χ2n) is 22.7. The van der Waals surface area contributed by atoms with Gasteiger partial charge < -0.3 is 27.9 Å². The van der Waals surface area contributed by atoms with E-state index < -0.39 is 32.5 Å². The minimum atomic E-state index is -4.66. The van der Waals surface area contributed by atoms with Crippen molar-refractivity contribution in [2.45, 2.75) is 251 Å². The van der Waals surface area contributed by atoms with Gasteiger partial charge in [0.2, 0.25) is 0 Å². The van der Waals surface area contributed by atoms with Crippen LogP contribution in [0.25, 0.3) is 0 Å². The highest BCUT2D eigenvalue weighted by molar-refractivity contribution is 7.45. The maximum absolute atomic E-state index is 12.9. The fraction of sp³-hybridized carbons (Fsp3) is 0.622. The smallest absolute Gasteiger partial charge is 0.306 e. The maximum Gasteiger partial charge on any atom is 0.306 e. The molecule has 0 aliphatic heterocycles. The molecule has 0 aliphatic carbocycles. The number of carbonyl (C=O) groups is 2. The van der Waals surface area contributed by atoms with E-state index in [0.29, 0.717) is 23.9 Å². The van der Waals surface area contributed by atoms with E-state index in [1.807, 2.05) is 21.1 Å². The molecule has 0 spiro atoms. The van der Waals surface area contributed by atoms with Crippen LogP contribution < -0.4 is 4.89 Å². The molecule has 0 rings (SSSR count). The average molecular weight is 1180 g/mol. The predicted octanol–water partition coefficient (Wildman–Crippen LogP) is 21.0.